The first-order valence-corrected chi connectivity index (χ1v) is 19.0. The molecule has 2 atom stereocenters. The van der Waals surface area contributed by atoms with Crippen LogP contribution in [0, 0.1) is 28.1 Å². The highest BCUT2D eigenvalue weighted by atomic mass is 35.5. The van der Waals surface area contributed by atoms with E-state index >= 15 is 0 Å². The lowest BCUT2D eigenvalue weighted by Crippen LogP contribution is -2.59. The van der Waals surface area contributed by atoms with Crippen LogP contribution in [0.25, 0.3) is 0 Å². The Hall–Kier alpha value is -3.98. The van der Waals surface area contributed by atoms with E-state index in [2.05, 4.69) is 21.9 Å². The third-order valence-electron chi connectivity index (χ3n) is 11.4. The largest absolute Gasteiger partial charge is 0.461 e. The smallest absolute Gasteiger partial charge is 0.320 e. The number of ether oxygens (including phenoxy) is 1. The minimum atomic E-state index is -0.905. The van der Waals surface area contributed by atoms with Crippen LogP contribution in [0.15, 0.2) is 10.6 Å². The number of nitrogens with one attached hydrogen (secondary N) is 1. The van der Waals surface area contributed by atoms with Gasteiger partial charge in [-0.2, -0.15) is 20.5 Å². The highest BCUT2D eigenvalue weighted by molar-refractivity contribution is 7.16. The number of amides is 1. The first-order chi connectivity index (χ1) is 24.5. The zero-order valence-electron chi connectivity index (χ0n) is 29.2. The molecule has 7 rings (SSSR count). The summed E-state index contributed by atoms with van der Waals surface area (Å²) in [4.78, 5) is 31.3. The summed E-state index contributed by atoms with van der Waals surface area (Å²) < 4.78 is 21.1. The van der Waals surface area contributed by atoms with Gasteiger partial charge in [-0.15, -0.1) is 11.3 Å². The maximum absolute atomic E-state index is 14.6. The predicted molar refractivity (Wildman–Crippen MR) is 196 cm³/mol. The maximum atomic E-state index is 14.6. The molecular formula is C36H44ClFN10O2S. The number of carbonyl (C=O) groups excluding carboxylic acids is 1. The number of carbonyl (C=O) groups is 1. The van der Waals surface area contributed by atoms with Gasteiger partial charge in [0, 0.05) is 63.5 Å². The number of halogens is 2. The fraction of sp³-hybridized carbons (Fsp3) is 0.611. The van der Waals surface area contributed by atoms with Crippen LogP contribution in [-0.2, 0) is 16.6 Å². The number of rotatable bonds is 7. The number of hydrogen-bond acceptors (Lipinski definition) is 12. The first-order valence-electron chi connectivity index (χ1n) is 17.8. The molecule has 0 bridgehead atoms. The van der Waals surface area contributed by atoms with E-state index in [1.807, 2.05) is 4.90 Å². The van der Waals surface area contributed by atoms with E-state index in [0.29, 0.717) is 66.8 Å². The van der Waals surface area contributed by atoms with Gasteiger partial charge in [-0.3, -0.25) is 15.1 Å². The van der Waals surface area contributed by atoms with E-state index in [1.165, 1.54) is 16.2 Å². The second kappa shape index (κ2) is 13.9. The molecule has 6 heterocycles. The van der Waals surface area contributed by atoms with Crippen molar-refractivity contribution in [2.45, 2.75) is 81.3 Å². The van der Waals surface area contributed by atoms with Gasteiger partial charge in [0.05, 0.1) is 16.1 Å². The van der Waals surface area contributed by atoms with Crippen molar-refractivity contribution in [2.24, 2.45) is 0 Å². The molecule has 1 spiro atoms. The Morgan fingerprint density at radius 2 is 1.80 bits per heavy atom. The molecule has 4 fully saturated rings. The normalized spacial score (nSPS) is 25.2. The third kappa shape index (κ3) is 6.30. The van der Waals surface area contributed by atoms with Gasteiger partial charge >= 0.3 is 6.01 Å². The second-order valence-electron chi connectivity index (χ2n) is 15.0. The van der Waals surface area contributed by atoms with Gasteiger partial charge in [0.25, 0.3) is 5.91 Å². The molecule has 51 heavy (non-hydrogen) atoms. The Morgan fingerprint density at radius 3 is 2.53 bits per heavy atom. The number of thiophene rings is 1. The molecule has 15 heteroatoms. The summed E-state index contributed by atoms with van der Waals surface area (Å²) in [6.45, 7) is 3.46. The quantitative estimate of drug-likeness (QED) is 0.375. The van der Waals surface area contributed by atoms with Crippen LogP contribution in [-0.4, -0.2) is 103 Å². The molecule has 0 saturated carbocycles. The van der Waals surface area contributed by atoms with E-state index in [1.54, 1.807) is 14.1 Å². The average molecular weight is 735 g/mol. The summed E-state index contributed by atoms with van der Waals surface area (Å²) in [5.41, 5.74) is 7.97. The van der Waals surface area contributed by atoms with Crippen LogP contribution in [0.5, 0.6) is 6.01 Å². The lowest BCUT2D eigenvalue weighted by molar-refractivity contribution is -0.121. The summed E-state index contributed by atoms with van der Waals surface area (Å²) in [7, 11) is 3.18. The SMILES string of the molecule is CN(C)C(=O)C(=N)/C(Cl)=C1\CCCCCCN(c2nc(OC[C@@]34CCCN3C[C@H](F)C4)nc(N3CC4(CCc5sc(N)c(C#N)c54)C3)c2C#N)C1. The average Bonchev–Trinajstić information content (AvgIpc) is 3.84. The Balaban J connectivity index is 1.27. The van der Waals surface area contributed by atoms with Crippen molar-refractivity contribution in [1.29, 1.82) is 15.9 Å². The van der Waals surface area contributed by atoms with Gasteiger partial charge in [-0.25, -0.2) is 4.39 Å². The molecule has 12 nitrogen and oxygen atoms in total. The summed E-state index contributed by atoms with van der Waals surface area (Å²) >= 11 is 8.30. The lowest BCUT2D eigenvalue weighted by Gasteiger charge is -2.49. The van der Waals surface area contributed by atoms with Crippen molar-refractivity contribution in [3.63, 3.8) is 0 Å². The molecule has 1 aliphatic carbocycles. The van der Waals surface area contributed by atoms with E-state index < -0.39 is 17.6 Å². The summed E-state index contributed by atoms with van der Waals surface area (Å²) in [5.74, 6) is 0.391. The van der Waals surface area contributed by atoms with Crippen molar-refractivity contribution < 1.29 is 13.9 Å². The predicted octanol–water partition coefficient (Wildman–Crippen LogP) is 4.89. The molecule has 1 amide bonds. The van der Waals surface area contributed by atoms with Gasteiger partial charge in [0.15, 0.2) is 11.6 Å². The molecule has 2 aromatic heterocycles. The molecule has 0 aromatic carbocycles. The highest BCUT2D eigenvalue weighted by Crippen LogP contribution is 2.53. The van der Waals surface area contributed by atoms with Crippen LogP contribution < -0.4 is 20.3 Å². The van der Waals surface area contributed by atoms with Crippen LogP contribution >= 0.6 is 22.9 Å². The number of fused-ring (bicyclic) bond motifs is 3. The molecule has 4 aliphatic heterocycles. The number of nitrogens with two attached hydrogens (primary N) is 1. The number of hydrogen-bond donors (Lipinski definition) is 2. The molecule has 5 aliphatic rings. The topological polar surface area (TPSA) is 162 Å². The van der Waals surface area contributed by atoms with Crippen LogP contribution in [0.1, 0.15) is 79.4 Å². The van der Waals surface area contributed by atoms with Crippen LogP contribution in [0.2, 0.25) is 0 Å². The number of nitrogen functional groups attached to an aromatic ring is 1. The van der Waals surface area contributed by atoms with Crippen LogP contribution in [0.3, 0.4) is 0 Å². The summed E-state index contributed by atoms with van der Waals surface area (Å²) in [5, 5.41) is 30.0. The minimum Gasteiger partial charge on any atom is -0.461 e. The monoisotopic (exact) mass is 734 g/mol. The highest BCUT2D eigenvalue weighted by Gasteiger charge is 2.53. The van der Waals surface area contributed by atoms with Crippen molar-refractivity contribution in [1.82, 2.24) is 19.8 Å². The number of anilines is 3. The summed E-state index contributed by atoms with van der Waals surface area (Å²) in [6, 6.07) is 4.86. The fourth-order valence-electron chi connectivity index (χ4n) is 8.90. The molecule has 4 saturated heterocycles. The van der Waals surface area contributed by atoms with Crippen molar-refractivity contribution in [3.05, 3.63) is 32.2 Å². The van der Waals surface area contributed by atoms with E-state index in [-0.39, 0.29) is 35.3 Å². The molecule has 0 radical (unpaired) electrons. The number of alkyl halides is 1. The zero-order chi connectivity index (χ0) is 36.1. The van der Waals surface area contributed by atoms with E-state index in [0.717, 1.165) is 73.9 Å². The maximum Gasteiger partial charge on any atom is 0.320 e. The number of aryl methyl sites for hydroxylation is 1. The van der Waals surface area contributed by atoms with Crippen LogP contribution in [0.4, 0.5) is 21.0 Å². The van der Waals surface area contributed by atoms with Crippen molar-refractivity contribution >= 4 is 51.2 Å². The Kier molecular flexibility index (Phi) is 9.63. The van der Waals surface area contributed by atoms with E-state index in [4.69, 9.17) is 37.4 Å². The zero-order valence-corrected chi connectivity index (χ0v) is 30.8. The molecular weight excluding hydrogens is 691 g/mol. The van der Waals surface area contributed by atoms with E-state index in [9.17, 15) is 19.7 Å². The molecule has 2 aromatic rings. The number of aromatic nitrogens is 2. The van der Waals surface area contributed by atoms with Crippen molar-refractivity contribution in [3.8, 4) is 18.1 Å². The van der Waals surface area contributed by atoms with Gasteiger partial charge in [0.2, 0.25) is 0 Å². The molecule has 0 unspecified atom stereocenters. The van der Waals surface area contributed by atoms with Gasteiger partial charge in [0.1, 0.15) is 41.2 Å². The minimum absolute atomic E-state index is 0.123. The third-order valence-corrected chi connectivity index (χ3v) is 13.0. The lowest BCUT2D eigenvalue weighted by atomic mass is 9.74. The second-order valence-corrected chi connectivity index (χ2v) is 16.5. The molecule has 270 valence electrons. The van der Waals surface area contributed by atoms with Gasteiger partial charge < -0.3 is 25.2 Å². The van der Waals surface area contributed by atoms with Crippen molar-refractivity contribution in [2.75, 3.05) is 75.5 Å². The fourth-order valence-corrected chi connectivity index (χ4v) is 10.3. The Morgan fingerprint density at radius 1 is 1.08 bits per heavy atom. The van der Waals surface area contributed by atoms with Gasteiger partial charge in [-0.1, -0.05) is 24.4 Å². The number of nitriles is 2. The molecule has 3 N–H and O–H groups in total. The number of nitrogens with zero attached hydrogens (tertiary/aromatic N) is 8. The van der Waals surface area contributed by atoms with Gasteiger partial charge in [-0.05, 0) is 62.6 Å². The standard InChI is InChI=1S/C36H44ClFN10O2S/c1-45(2)33(49)29(41)28(37)22-8-5-3-4-6-12-46(17-22)31-25(16-40)32(44-34(43-31)50-21-36-10-7-13-48(36)18-23(38)14-36)47-19-35(20-47)11-9-26-27(35)24(15-39)30(42)51-26/h23,41H,3-14,17-21,42H2,1-2H3/b28-22-,41-29?/t23-,36+/m1/s1. The Labute approximate surface area is 307 Å². The summed E-state index contributed by atoms with van der Waals surface area (Å²) in [6.07, 6.45) is 7.30. The first kappa shape index (κ1) is 35.4. The Bertz CT molecular complexity index is 1860.